The molecule has 0 spiro atoms. The van der Waals surface area contributed by atoms with E-state index in [0.717, 1.165) is 30.9 Å². The number of carbonyl (C=O) groups excluding carboxylic acids is 1. The molecule has 37 heavy (non-hydrogen) atoms. The minimum atomic E-state index is -0.256. The van der Waals surface area contributed by atoms with Crippen molar-refractivity contribution in [2.45, 2.75) is 43.7 Å². The zero-order valence-electron chi connectivity index (χ0n) is 21.3. The van der Waals surface area contributed by atoms with E-state index in [1.807, 2.05) is 54.0 Å². The first-order chi connectivity index (χ1) is 18.1. The molecule has 4 atom stereocenters. The Balaban J connectivity index is 1.14. The third kappa shape index (κ3) is 4.84. The van der Waals surface area contributed by atoms with Crippen LogP contribution in [0.25, 0.3) is 11.4 Å². The van der Waals surface area contributed by atoms with Gasteiger partial charge >= 0.3 is 0 Å². The van der Waals surface area contributed by atoms with Crippen LogP contribution in [0, 0.1) is 0 Å². The monoisotopic (exact) mass is 503 g/mol. The van der Waals surface area contributed by atoms with Crippen molar-refractivity contribution in [1.29, 1.82) is 0 Å². The molecule has 3 aliphatic heterocycles. The van der Waals surface area contributed by atoms with E-state index < -0.39 is 0 Å². The fourth-order valence-electron chi connectivity index (χ4n) is 5.59. The minimum Gasteiger partial charge on any atom is -0.378 e. The molecule has 3 aromatic rings. The van der Waals surface area contributed by atoms with Crippen molar-refractivity contribution in [2.75, 3.05) is 45.3 Å². The standard InChI is InChI=1S/C27H33N7O3/c1-32(2)21-10-8-19(9-11-21)27(35)28-22-16-36-25-23(17-37-24(22)25)34-26(29-30-31-34)20-7-5-6-18(14-20)15-33-12-3-4-13-33/h5-11,14,22-25H,3-4,12-13,15-17H2,1-2H3,(H,28,35)/t22-,23-,24+,25+/m0/s1. The number of hydrogen-bond donors (Lipinski definition) is 1. The normalized spacial score (nSPS) is 25.4. The molecular weight excluding hydrogens is 470 g/mol. The average molecular weight is 504 g/mol. The van der Waals surface area contributed by atoms with E-state index in [0.29, 0.717) is 24.6 Å². The Labute approximate surface area is 216 Å². The van der Waals surface area contributed by atoms with Crippen molar-refractivity contribution in [2.24, 2.45) is 0 Å². The summed E-state index contributed by atoms with van der Waals surface area (Å²) in [6.07, 6.45) is 2.05. The number of nitrogens with zero attached hydrogens (tertiary/aromatic N) is 6. The van der Waals surface area contributed by atoms with E-state index in [1.165, 1.54) is 18.4 Å². The van der Waals surface area contributed by atoms with Gasteiger partial charge in [-0.05, 0) is 72.3 Å². The van der Waals surface area contributed by atoms with Gasteiger partial charge in [0.25, 0.3) is 5.91 Å². The van der Waals surface area contributed by atoms with E-state index in [9.17, 15) is 4.79 Å². The summed E-state index contributed by atoms with van der Waals surface area (Å²) in [4.78, 5) is 17.4. The van der Waals surface area contributed by atoms with Gasteiger partial charge in [-0.25, -0.2) is 4.68 Å². The number of amides is 1. The zero-order chi connectivity index (χ0) is 25.4. The maximum atomic E-state index is 12.9. The second-order valence-corrected chi connectivity index (χ2v) is 10.3. The van der Waals surface area contributed by atoms with Gasteiger partial charge < -0.3 is 19.7 Å². The third-order valence-corrected chi connectivity index (χ3v) is 7.59. The van der Waals surface area contributed by atoms with Gasteiger partial charge in [0, 0.05) is 37.5 Å². The quantitative estimate of drug-likeness (QED) is 0.524. The summed E-state index contributed by atoms with van der Waals surface area (Å²) in [7, 11) is 3.95. The average Bonchev–Trinajstić information content (AvgIpc) is 3.71. The Morgan fingerprint density at radius 1 is 1.05 bits per heavy atom. The van der Waals surface area contributed by atoms with Gasteiger partial charge in [-0.1, -0.05) is 18.2 Å². The van der Waals surface area contributed by atoms with Crippen LogP contribution in [0.1, 0.15) is 34.8 Å². The highest BCUT2D eigenvalue weighted by Gasteiger charge is 2.50. The summed E-state index contributed by atoms with van der Waals surface area (Å²) in [5.74, 6) is 0.569. The fraction of sp³-hybridized carbons (Fsp3) is 0.481. The highest BCUT2D eigenvalue weighted by atomic mass is 16.6. The molecule has 3 saturated heterocycles. The van der Waals surface area contributed by atoms with Crippen LogP contribution in [0.3, 0.4) is 0 Å². The topological polar surface area (TPSA) is 97.6 Å². The Morgan fingerprint density at radius 3 is 2.62 bits per heavy atom. The van der Waals surface area contributed by atoms with Crippen LogP contribution in [-0.2, 0) is 16.0 Å². The second kappa shape index (κ2) is 10.2. The maximum Gasteiger partial charge on any atom is 0.251 e. The summed E-state index contributed by atoms with van der Waals surface area (Å²) in [6.45, 7) is 4.05. The molecule has 2 aromatic carbocycles. The lowest BCUT2D eigenvalue weighted by Crippen LogP contribution is -2.44. The lowest BCUT2D eigenvalue weighted by Gasteiger charge is -2.19. The number of benzene rings is 2. The molecule has 10 heteroatoms. The van der Waals surface area contributed by atoms with E-state index in [2.05, 4.69) is 43.9 Å². The fourth-order valence-corrected chi connectivity index (χ4v) is 5.59. The molecule has 0 aliphatic carbocycles. The van der Waals surface area contributed by atoms with Crippen LogP contribution in [0.15, 0.2) is 48.5 Å². The van der Waals surface area contributed by atoms with Crippen molar-refractivity contribution in [3.8, 4) is 11.4 Å². The van der Waals surface area contributed by atoms with Gasteiger partial charge in [0.2, 0.25) is 0 Å². The number of hydrogen-bond acceptors (Lipinski definition) is 8. The van der Waals surface area contributed by atoms with Gasteiger partial charge in [0.1, 0.15) is 18.2 Å². The van der Waals surface area contributed by atoms with E-state index in [1.54, 1.807) is 0 Å². The molecule has 1 aromatic heterocycles. The predicted octanol–water partition coefficient (Wildman–Crippen LogP) is 2.14. The summed E-state index contributed by atoms with van der Waals surface area (Å²) in [5.41, 5.74) is 3.89. The second-order valence-electron chi connectivity index (χ2n) is 10.3. The van der Waals surface area contributed by atoms with Crippen LogP contribution in [0.2, 0.25) is 0 Å². The van der Waals surface area contributed by atoms with Crippen molar-refractivity contribution in [3.63, 3.8) is 0 Å². The van der Waals surface area contributed by atoms with Crippen LogP contribution >= 0.6 is 0 Å². The number of aromatic nitrogens is 4. The molecule has 0 saturated carbocycles. The Bertz CT molecular complexity index is 1240. The third-order valence-electron chi connectivity index (χ3n) is 7.59. The molecule has 10 nitrogen and oxygen atoms in total. The van der Waals surface area contributed by atoms with Crippen molar-refractivity contribution in [3.05, 3.63) is 59.7 Å². The van der Waals surface area contributed by atoms with Gasteiger partial charge in [-0.15, -0.1) is 5.10 Å². The molecule has 1 amide bonds. The lowest BCUT2D eigenvalue weighted by atomic mass is 10.0. The van der Waals surface area contributed by atoms with Crippen molar-refractivity contribution < 1.29 is 14.3 Å². The van der Waals surface area contributed by atoms with E-state index in [4.69, 9.17) is 9.47 Å². The molecule has 6 rings (SSSR count). The number of anilines is 1. The first-order valence-electron chi connectivity index (χ1n) is 13.0. The first-order valence-corrected chi connectivity index (χ1v) is 13.0. The molecular formula is C27H33N7O3. The molecule has 194 valence electrons. The molecule has 3 fully saturated rings. The van der Waals surface area contributed by atoms with Crippen LogP contribution in [0.4, 0.5) is 5.69 Å². The van der Waals surface area contributed by atoms with Gasteiger partial charge in [-0.2, -0.15) is 0 Å². The maximum absolute atomic E-state index is 12.9. The number of nitrogens with one attached hydrogen (secondary N) is 1. The number of likely N-dealkylation sites (tertiary alicyclic amines) is 1. The predicted molar refractivity (Wildman–Crippen MR) is 138 cm³/mol. The Hall–Kier alpha value is -3.34. The molecule has 1 N–H and O–H groups in total. The highest BCUT2D eigenvalue weighted by Crippen LogP contribution is 2.36. The number of tetrazole rings is 1. The number of rotatable bonds is 7. The van der Waals surface area contributed by atoms with Gasteiger partial charge in [0.15, 0.2) is 5.82 Å². The summed E-state index contributed by atoms with van der Waals surface area (Å²) in [5, 5.41) is 15.8. The van der Waals surface area contributed by atoms with Crippen LogP contribution < -0.4 is 10.2 Å². The number of ether oxygens (including phenoxy) is 2. The molecule has 0 unspecified atom stereocenters. The summed E-state index contributed by atoms with van der Waals surface area (Å²) in [6, 6.07) is 15.6. The summed E-state index contributed by atoms with van der Waals surface area (Å²) >= 11 is 0. The van der Waals surface area contributed by atoms with Crippen molar-refractivity contribution >= 4 is 11.6 Å². The Kier molecular flexibility index (Phi) is 6.62. The minimum absolute atomic E-state index is 0.135. The lowest BCUT2D eigenvalue weighted by molar-refractivity contribution is 0.0615. The first kappa shape index (κ1) is 24.0. The van der Waals surface area contributed by atoms with Gasteiger partial charge in [-0.3, -0.25) is 9.69 Å². The van der Waals surface area contributed by atoms with Crippen LogP contribution in [-0.4, -0.2) is 89.7 Å². The zero-order valence-corrected chi connectivity index (χ0v) is 21.3. The molecule has 3 aliphatic rings. The number of fused-ring (bicyclic) bond motifs is 1. The highest BCUT2D eigenvalue weighted by molar-refractivity contribution is 5.94. The summed E-state index contributed by atoms with van der Waals surface area (Å²) < 4.78 is 14.1. The molecule has 0 bridgehead atoms. The number of carbonyl (C=O) groups is 1. The molecule has 4 heterocycles. The largest absolute Gasteiger partial charge is 0.378 e. The molecule has 0 radical (unpaired) electrons. The smallest absolute Gasteiger partial charge is 0.251 e. The van der Waals surface area contributed by atoms with Gasteiger partial charge in [0.05, 0.1) is 19.3 Å². The van der Waals surface area contributed by atoms with Crippen molar-refractivity contribution in [1.82, 2.24) is 30.4 Å². The van der Waals surface area contributed by atoms with E-state index in [-0.39, 0.29) is 30.2 Å². The van der Waals surface area contributed by atoms with Crippen LogP contribution in [0.5, 0.6) is 0 Å². The SMILES string of the molecule is CN(C)c1ccc(C(=O)N[C@H]2CO[C@H]3[C@@H]2OC[C@@H]3n2nnnc2-c2cccc(CN3CCCC3)c2)cc1. The Morgan fingerprint density at radius 2 is 1.84 bits per heavy atom. The van der Waals surface area contributed by atoms with E-state index >= 15 is 0 Å².